The number of hydrogen-bond donors (Lipinski definition) is 1. The van der Waals surface area contributed by atoms with E-state index in [0.29, 0.717) is 13.1 Å². The van der Waals surface area contributed by atoms with Gasteiger partial charge in [-0.2, -0.15) is 0 Å². The highest BCUT2D eigenvalue weighted by molar-refractivity contribution is 5.45. The molecule has 5 nitrogen and oxygen atoms in total. The number of nitrogens with zero attached hydrogens (tertiary/aromatic N) is 2. The Labute approximate surface area is 146 Å². The predicted molar refractivity (Wildman–Crippen MR) is 87.8 cm³/mol. The molecule has 2 fully saturated rings. The summed E-state index contributed by atoms with van der Waals surface area (Å²) in [6.07, 6.45) is 0.589. The van der Waals surface area contributed by atoms with Crippen molar-refractivity contribution >= 4 is 0 Å². The van der Waals surface area contributed by atoms with Crippen LogP contribution in [0.15, 0.2) is 18.2 Å². The molecule has 0 spiro atoms. The van der Waals surface area contributed by atoms with Crippen molar-refractivity contribution < 1.29 is 23.4 Å². The van der Waals surface area contributed by atoms with Crippen LogP contribution in [0.2, 0.25) is 0 Å². The molecule has 0 saturated carbocycles. The van der Waals surface area contributed by atoms with Gasteiger partial charge in [-0.15, -0.1) is 8.78 Å². The highest BCUT2D eigenvalue weighted by Crippen LogP contribution is 2.41. The maximum atomic E-state index is 13.1. The van der Waals surface area contributed by atoms with Crippen LogP contribution in [-0.4, -0.2) is 59.5 Å². The molecule has 0 bridgehead atoms. The summed E-state index contributed by atoms with van der Waals surface area (Å²) in [7, 11) is 0. The third kappa shape index (κ3) is 3.88. The summed E-state index contributed by atoms with van der Waals surface area (Å²) in [5.41, 5.74) is 0.192. The summed E-state index contributed by atoms with van der Waals surface area (Å²) < 4.78 is 35.2. The Bertz CT molecular complexity index is 637. The van der Waals surface area contributed by atoms with Crippen LogP contribution in [0.3, 0.4) is 0 Å². The number of hydrogen-bond acceptors (Lipinski definition) is 5. The molecule has 138 valence electrons. The lowest BCUT2D eigenvalue weighted by Gasteiger charge is -2.41. The largest absolute Gasteiger partial charge is 0.586 e. The Morgan fingerprint density at radius 1 is 1.00 bits per heavy atom. The molecule has 1 unspecified atom stereocenters. The van der Waals surface area contributed by atoms with Crippen LogP contribution in [0.1, 0.15) is 31.2 Å². The zero-order chi connectivity index (χ0) is 17.5. The maximum absolute atomic E-state index is 13.1. The van der Waals surface area contributed by atoms with Crippen molar-refractivity contribution in [3.63, 3.8) is 0 Å². The van der Waals surface area contributed by atoms with Crippen molar-refractivity contribution in [1.82, 2.24) is 9.80 Å². The monoisotopic (exact) mass is 354 g/mol. The lowest BCUT2D eigenvalue weighted by molar-refractivity contribution is -0.286. The minimum Gasteiger partial charge on any atom is -0.395 e. The van der Waals surface area contributed by atoms with Crippen molar-refractivity contribution in [1.29, 1.82) is 0 Å². The van der Waals surface area contributed by atoms with Crippen LogP contribution in [0.25, 0.3) is 0 Å². The topological polar surface area (TPSA) is 45.2 Å². The van der Waals surface area contributed by atoms with E-state index in [0.717, 1.165) is 44.6 Å². The van der Waals surface area contributed by atoms with Gasteiger partial charge in [0.2, 0.25) is 0 Å². The zero-order valence-electron chi connectivity index (χ0n) is 14.2. The number of benzene rings is 1. The first kappa shape index (κ1) is 17.0. The molecule has 1 atom stereocenters. The zero-order valence-corrected chi connectivity index (χ0v) is 14.2. The van der Waals surface area contributed by atoms with Crippen LogP contribution in [0.4, 0.5) is 8.78 Å². The number of aliphatic hydroxyl groups is 1. The average molecular weight is 354 g/mol. The molecule has 1 aromatic carbocycles. The minimum absolute atomic E-state index is 0.0675. The number of alkyl halides is 2. The van der Waals surface area contributed by atoms with E-state index >= 15 is 0 Å². The van der Waals surface area contributed by atoms with Crippen LogP contribution in [0, 0.1) is 0 Å². The van der Waals surface area contributed by atoms with Gasteiger partial charge in [0.05, 0.1) is 5.60 Å². The van der Waals surface area contributed by atoms with Crippen molar-refractivity contribution in [2.75, 3.05) is 32.7 Å². The van der Waals surface area contributed by atoms with E-state index in [1.807, 2.05) is 0 Å². The van der Waals surface area contributed by atoms with Gasteiger partial charge >= 0.3 is 6.29 Å². The van der Waals surface area contributed by atoms with Gasteiger partial charge in [-0.05, 0) is 63.0 Å². The molecule has 1 N–H and O–H groups in total. The van der Waals surface area contributed by atoms with Crippen LogP contribution in [0.5, 0.6) is 11.5 Å². The molecule has 0 aromatic heterocycles. The fourth-order valence-corrected chi connectivity index (χ4v) is 4.18. The van der Waals surface area contributed by atoms with E-state index in [4.69, 9.17) is 0 Å². The molecule has 4 rings (SSSR count). The van der Waals surface area contributed by atoms with Crippen LogP contribution < -0.4 is 9.47 Å². The van der Waals surface area contributed by atoms with Gasteiger partial charge in [-0.25, -0.2) is 0 Å². The van der Waals surface area contributed by atoms with E-state index in [9.17, 15) is 13.9 Å². The predicted octanol–water partition coefficient (Wildman–Crippen LogP) is 2.43. The summed E-state index contributed by atoms with van der Waals surface area (Å²) in [5, 5.41) is 11.0. The molecule has 3 heterocycles. The molecule has 3 aliphatic heterocycles. The number of rotatable bonds is 4. The number of fused-ring (bicyclic) bond motifs is 1. The highest BCUT2D eigenvalue weighted by Gasteiger charge is 2.43. The first-order valence-corrected chi connectivity index (χ1v) is 8.97. The Balaban J connectivity index is 1.39. The molecule has 7 heteroatoms. The Morgan fingerprint density at radius 3 is 2.52 bits per heavy atom. The van der Waals surface area contributed by atoms with Crippen molar-refractivity contribution in [3.8, 4) is 11.5 Å². The summed E-state index contributed by atoms with van der Waals surface area (Å²) in [5.74, 6) is 0.143. The standard InChI is InChI=1S/C18H24F2N2O3/c19-18(20)24-15-5-4-14(10-16(15)25-18)11-22-9-3-6-17(23,13-22)12-21-7-1-2-8-21/h4-5,10,23H,1-3,6-9,11-13H2. The quantitative estimate of drug-likeness (QED) is 0.900. The minimum atomic E-state index is -3.58. The summed E-state index contributed by atoms with van der Waals surface area (Å²) >= 11 is 0. The van der Waals surface area contributed by atoms with Gasteiger partial charge < -0.3 is 19.5 Å². The molecule has 2 saturated heterocycles. The summed E-state index contributed by atoms with van der Waals surface area (Å²) in [6, 6.07) is 4.90. The first-order chi connectivity index (χ1) is 11.9. The molecule has 3 aliphatic rings. The Morgan fingerprint density at radius 2 is 1.72 bits per heavy atom. The van der Waals surface area contributed by atoms with Gasteiger partial charge in [0.1, 0.15) is 0 Å². The Hall–Kier alpha value is -1.44. The SMILES string of the molecule is OC1(CN2CCCC2)CCCN(Cc2ccc3c(c2)OC(F)(F)O3)C1. The molecule has 1 aromatic rings. The maximum Gasteiger partial charge on any atom is 0.586 e. The van der Waals surface area contributed by atoms with Gasteiger partial charge in [0.25, 0.3) is 0 Å². The average Bonchev–Trinajstić information content (AvgIpc) is 3.12. The highest BCUT2D eigenvalue weighted by atomic mass is 19.3. The summed E-state index contributed by atoms with van der Waals surface area (Å²) in [4.78, 5) is 4.53. The van der Waals surface area contributed by atoms with Gasteiger partial charge in [-0.1, -0.05) is 6.07 Å². The number of β-amino-alcohol motifs (C(OH)–C–C–N with tert-alkyl or cyclic N) is 1. The second kappa shape index (κ2) is 6.37. The third-order valence-electron chi connectivity index (χ3n) is 5.22. The van der Waals surface area contributed by atoms with Crippen molar-refractivity contribution in [2.24, 2.45) is 0 Å². The smallest absolute Gasteiger partial charge is 0.395 e. The lowest BCUT2D eigenvalue weighted by atomic mass is 9.92. The van der Waals surface area contributed by atoms with Crippen LogP contribution in [-0.2, 0) is 6.54 Å². The second-order valence-corrected chi connectivity index (χ2v) is 7.47. The van der Waals surface area contributed by atoms with E-state index < -0.39 is 11.9 Å². The van der Waals surface area contributed by atoms with E-state index in [1.54, 1.807) is 12.1 Å². The number of likely N-dealkylation sites (tertiary alicyclic amines) is 2. The molecule has 0 radical (unpaired) electrons. The molecule has 25 heavy (non-hydrogen) atoms. The van der Waals surface area contributed by atoms with Gasteiger partial charge in [-0.3, -0.25) is 4.90 Å². The fraction of sp³-hybridized carbons (Fsp3) is 0.667. The summed E-state index contributed by atoms with van der Waals surface area (Å²) in [6.45, 7) is 4.96. The van der Waals surface area contributed by atoms with Gasteiger partial charge in [0.15, 0.2) is 11.5 Å². The normalized spacial score (nSPS) is 29.2. The van der Waals surface area contributed by atoms with Crippen LogP contribution >= 0.6 is 0 Å². The van der Waals surface area contributed by atoms with Crippen molar-refractivity contribution in [2.45, 2.75) is 44.1 Å². The fourth-order valence-electron chi connectivity index (χ4n) is 4.18. The molecular formula is C18H24F2N2O3. The lowest BCUT2D eigenvalue weighted by Crippen LogP contribution is -2.53. The number of piperidine rings is 1. The van der Waals surface area contributed by atoms with Gasteiger partial charge in [0, 0.05) is 19.6 Å². The Kier molecular flexibility index (Phi) is 4.33. The number of ether oxygens (including phenoxy) is 2. The first-order valence-electron chi connectivity index (χ1n) is 8.97. The van der Waals surface area contributed by atoms with Crippen molar-refractivity contribution in [3.05, 3.63) is 23.8 Å². The van der Waals surface area contributed by atoms with E-state index in [-0.39, 0.29) is 11.5 Å². The molecule has 0 aliphatic carbocycles. The molecular weight excluding hydrogens is 330 g/mol. The van der Waals surface area contributed by atoms with E-state index in [1.165, 1.54) is 18.9 Å². The second-order valence-electron chi connectivity index (χ2n) is 7.47. The third-order valence-corrected chi connectivity index (χ3v) is 5.22. The number of halogens is 2. The molecule has 0 amide bonds. The van der Waals surface area contributed by atoms with E-state index in [2.05, 4.69) is 19.3 Å².